The molecule has 1 fully saturated rings. The molecule has 1 aromatic carbocycles. The average molecular weight is 433 g/mol. The van der Waals surface area contributed by atoms with E-state index in [0.717, 1.165) is 28.8 Å². The lowest BCUT2D eigenvalue weighted by Gasteiger charge is -2.13. The first-order valence-corrected chi connectivity index (χ1v) is 11.9. The van der Waals surface area contributed by atoms with Crippen molar-refractivity contribution in [3.8, 4) is 10.4 Å². The van der Waals surface area contributed by atoms with Gasteiger partial charge in [-0.1, -0.05) is 29.5 Å². The van der Waals surface area contributed by atoms with Gasteiger partial charge in [-0.15, -0.1) is 0 Å². The molecule has 0 radical (unpaired) electrons. The Morgan fingerprint density at radius 1 is 1.17 bits per heavy atom. The molecule has 9 heteroatoms. The fraction of sp³-hybridized carbons (Fsp3) is 0.300. The number of anilines is 2. The normalized spacial score (nSPS) is 17.5. The van der Waals surface area contributed by atoms with E-state index in [0.29, 0.717) is 30.0 Å². The van der Waals surface area contributed by atoms with Crippen LogP contribution in [0.1, 0.15) is 12.0 Å². The van der Waals surface area contributed by atoms with Gasteiger partial charge in [0.15, 0.2) is 5.13 Å². The molecule has 29 heavy (non-hydrogen) atoms. The zero-order valence-corrected chi connectivity index (χ0v) is 17.5. The topological polar surface area (TPSA) is 75.2 Å². The minimum absolute atomic E-state index is 0.262. The standard InChI is InChI=1S/C20H21FN4O2S2/c1-29(26,27)25-9-8-15(13-25)10-14-2-7-19(22-11-14)24-20-23-12-18(28-20)16-3-5-17(21)6-4-16/h2-7,11-12,15H,8-10,13H2,1H3,(H,22,23,24)/t15-/m1/s1. The molecule has 0 saturated carbocycles. The lowest BCUT2D eigenvalue weighted by Crippen LogP contribution is -2.27. The summed E-state index contributed by atoms with van der Waals surface area (Å²) in [4.78, 5) is 9.76. The number of rotatable bonds is 6. The van der Waals surface area contributed by atoms with E-state index in [1.165, 1.54) is 29.7 Å². The average Bonchev–Trinajstić information content (AvgIpc) is 3.34. The molecule has 3 aromatic rings. The van der Waals surface area contributed by atoms with Crippen LogP contribution in [0.4, 0.5) is 15.3 Å². The number of sulfonamides is 1. The van der Waals surface area contributed by atoms with Crippen LogP contribution >= 0.6 is 11.3 Å². The molecule has 0 amide bonds. The van der Waals surface area contributed by atoms with Crippen LogP contribution in [0.25, 0.3) is 10.4 Å². The Labute approximate surface area is 173 Å². The quantitative estimate of drug-likeness (QED) is 0.639. The number of hydrogen-bond donors (Lipinski definition) is 1. The second kappa shape index (κ2) is 8.17. The third-order valence-corrected chi connectivity index (χ3v) is 7.17. The van der Waals surface area contributed by atoms with E-state index in [1.54, 1.807) is 22.6 Å². The molecule has 6 nitrogen and oxygen atoms in total. The van der Waals surface area contributed by atoms with Gasteiger partial charge in [-0.05, 0) is 48.1 Å². The summed E-state index contributed by atoms with van der Waals surface area (Å²) < 4.78 is 37.9. The lowest BCUT2D eigenvalue weighted by molar-refractivity contribution is 0.460. The summed E-state index contributed by atoms with van der Waals surface area (Å²) >= 11 is 1.47. The minimum atomic E-state index is -3.11. The van der Waals surface area contributed by atoms with E-state index in [4.69, 9.17) is 0 Å². The Kier molecular flexibility index (Phi) is 5.62. The molecule has 0 aliphatic carbocycles. The number of hydrogen-bond acceptors (Lipinski definition) is 6. The highest BCUT2D eigenvalue weighted by atomic mass is 32.2. The third-order valence-electron chi connectivity index (χ3n) is 4.94. The monoisotopic (exact) mass is 432 g/mol. The largest absolute Gasteiger partial charge is 0.316 e. The Balaban J connectivity index is 1.36. The van der Waals surface area contributed by atoms with Gasteiger partial charge in [-0.25, -0.2) is 27.1 Å². The van der Waals surface area contributed by atoms with Gasteiger partial charge >= 0.3 is 0 Å². The summed E-state index contributed by atoms with van der Waals surface area (Å²) in [6.45, 7) is 1.17. The fourth-order valence-corrected chi connectivity index (χ4v) is 5.15. The highest BCUT2D eigenvalue weighted by molar-refractivity contribution is 7.88. The van der Waals surface area contributed by atoms with Crippen molar-refractivity contribution in [1.29, 1.82) is 0 Å². The number of halogens is 1. The van der Waals surface area contributed by atoms with Crippen LogP contribution in [0.5, 0.6) is 0 Å². The van der Waals surface area contributed by atoms with Gasteiger partial charge in [0.1, 0.15) is 11.6 Å². The van der Waals surface area contributed by atoms with Crippen molar-refractivity contribution in [1.82, 2.24) is 14.3 Å². The Morgan fingerprint density at radius 2 is 1.97 bits per heavy atom. The summed E-state index contributed by atoms with van der Waals surface area (Å²) in [6, 6.07) is 10.2. The number of benzene rings is 1. The second-order valence-corrected chi connectivity index (χ2v) is 10.2. The number of aromatic nitrogens is 2. The summed E-state index contributed by atoms with van der Waals surface area (Å²) in [7, 11) is -3.11. The molecule has 1 atom stereocenters. The van der Waals surface area contributed by atoms with Crippen LogP contribution < -0.4 is 5.32 Å². The van der Waals surface area contributed by atoms with Crippen molar-refractivity contribution < 1.29 is 12.8 Å². The van der Waals surface area contributed by atoms with E-state index >= 15 is 0 Å². The van der Waals surface area contributed by atoms with Crippen LogP contribution in [0.15, 0.2) is 48.8 Å². The number of thiazole rings is 1. The van der Waals surface area contributed by atoms with Crippen molar-refractivity contribution in [2.45, 2.75) is 12.8 Å². The van der Waals surface area contributed by atoms with E-state index in [9.17, 15) is 12.8 Å². The van der Waals surface area contributed by atoms with Crippen molar-refractivity contribution in [3.05, 3.63) is 60.2 Å². The third kappa shape index (κ3) is 4.98. The molecule has 3 heterocycles. The number of pyridine rings is 1. The van der Waals surface area contributed by atoms with Crippen LogP contribution in [-0.4, -0.2) is 42.0 Å². The fourth-order valence-electron chi connectivity index (χ4n) is 3.41. The van der Waals surface area contributed by atoms with Gasteiger partial charge in [0.05, 0.1) is 11.1 Å². The summed E-state index contributed by atoms with van der Waals surface area (Å²) in [5.41, 5.74) is 2.00. The molecular formula is C20H21FN4O2S2. The maximum atomic E-state index is 13.1. The first-order valence-electron chi connectivity index (χ1n) is 9.26. The van der Waals surface area contributed by atoms with Gasteiger partial charge in [0.2, 0.25) is 10.0 Å². The zero-order chi connectivity index (χ0) is 20.4. The first kappa shape index (κ1) is 19.9. The summed E-state index contributed by atoms with van der Waals surface area (Å²) in [5.74, 6) is 0.753. The van der Waals surface area contributed by atoms with Gasteiger partial charge < -0.3 is 5.32 Å². The molecule has 0 unspecified atom stereocenters. The van der Waals surface area contributed by atoms with Crippen molar-refractivity contribution in [3.63, 3.8) is 0 Å². The van der Waals surface area contributed by atoms with Crippen molar-refractivity contribution in [2.75, 3.05) is 24.7 Å². The van der Waals surface area contributed by atoms with Gasteiger partial charge in [0, 0.05) is 25.5 Å². The van der Waals surface area contributed by atoms with Crippen LogP contribution in [-0.2, 0) is 16.4 Å². The highest BCUT2D eigenvalue weighted by Crippen LogP contribution is 2.30. The Morgan fingerprint density at radius 3 is 2.62 bits per heavy atom. The zero-order valence-electron chi connectivity index (χ0n) is 15.9. The maximum absolute atomic E-state index is 13.1. The molecule has 4 rings (SSSR count). The molecular weight excluding hydrogens is 411 g/mol. The highest BCUT2D eigenvalue weighted by Gasteiger charge is 2.28. The van der Waals surface area contributed by atoms with Crippen LogP contribution in [0.3, 0.4) is 0 Å². The predicted octanol–water partition coefficient (Wildman–Crippen LogP) is 3.91. The maximum Gasteiger partial charge on any atom is 0.211 e. The molecule has 1 aliphatic rings. The minimum Gasteiger partial charge on any atom is -0.316 e. The summed E-state index contributed by atoms with van der Waals surface area (Å²) in [5, 5.41) is 3.90. The van der Waals surface area contributed by atoms with E-state index < -0.39 is 10.0 Å². The second-order valence-electron chi connectivity index (χ2n) is 7.19. The molecule has 0 spiro atoms. The van der Waals surface area contributed by atoms with Gasteiger partial charge in [-0.2, -0.15) is 0 Å². The lowest BCUT2D eigenvalue weighted by atomic mass is 10.00. The van der Waals surface area contributed by atoms with Crippen LogP contribution in [0.2, 0.25) is 0 Å². The predicted molar refractivity (Wildman–Crippen MR) is 113 cm³/mol. The molecule has 1 aliphatic heterocycles. The Hall–Kier alpha value is -2.36. The smallest absolute Gasteiger partial charge is 0.211 e. The SMILES string of the molecule is CS(=O)(=O)N1CC[C@H](Cc2ccc(Nc3ncc(-c4ccc(F)cc4)s3)nc2)C1. The molecule has 0 bridgehead atoms. The molecule has 2 aromatic heterocycles. The van der Waals surface area contributed by atoms with Crippen molar-refractivity contribution in [2.24, 2.45) is 5.92 Å². The van der Waals surface area contributed by atoms with Gasteiger partial charge in [0.25, 0.3) is 0 Å². The van der Waals surface area contributed by atoms with E-state index in [2.05, 4.69) is 15.3 Å². The number of nitrogens with one attached hydrogen (secondary N) is 1. The molecule has 1 saturated heterocycles. The summed E-state index contributed by atoms with van der Waals surface area (Å²) in [6.07, 6.45) is 6.52. The first-order chi connectivity index (χ1) is 13.9. The van der Waals surface area contributed by atoms with E-state index in [1.807, 2.05) is 18.3 Å². The Bertz CT molecular complexity index is 1080. The van der Waals surface area contributed by atoms with Crippen LogP contribution in [0, 0.1) is 11.7 Å². The molecule has 152 valence electrons. The van der Waals surface area contributed by atoms with Crippen molar-refractivity contribution >= 4 is 32.3 Å². The number of nitrogens with zero attached hydrogens (tertiary/aromatic N) is 3. The van der Waals surface area contributed by atoms with Gasteiger partial charge in [-0.3, -0.25) is 0 Å². The molecule has 1 N–H and O–H groups in total. The van der Waals surface area contributed by atoms with E-state index in [-0.39, 0.29) is 5.82 Å².